The fourth-order valence-corrected chi connectivity index (χ4v) is 3.07. The zero-order valence-corrected chi connectivity index (χ0v) is 15.5. The average Bonchev–Trinajstić information content (AvgIpc) is 2.56. The van der Waals surface area contributed by atoms with E-state index in [1.165, 1.54) is 14.0 Å². The van der Waals surface area contributed by atoms with Crippen molar-refractivity contribution in [2.24, 2.45) is 0 Å². The molecule has 0 aliphatic carbocycles. The number of ether oxygens (including phenoxy) is 1. The van der Waals surface area contributed by atoms with Gasteiger partial charge in [-0.15, -0.1) is 11.8 Å². The van der Waals surface area contributed by atoms with Gasteiger partial charge >= 0.3 is 0 Å². The molecule has 0 radical (unpaired) electrons. The molecule has 25 heavy (non-hydrogen) atoms. The van der Waals surface area contributed by atoms with Crippen LogP contribution in [0.2, 0.25) is 5.02 Å². The number of carbonyl (C=O) groups excluding carboxylic acids is 2. The first-order valence-electron chi connectivity index (χ1n) is 7.62. The van der Waals surface area contributed by atoms with Gasteiger partial charge in [-0.2, -0.15) is 0 Å². The lowest BCUT2D eigenvalue weighted by molar-refractivity contribution is -0.116. The number of rotatable bonds is 7. The molecule has 0 aliphatic rings. The van der Waals surface area contributed by atoms with Crippen LogP contribution in [0.5, 0.6) is 5.75 Å². The highest BCUT2D eigenvalue weighted by molar-refractivity contribution is 7.99. The maximum Gasteiger partial charge on any atom is 0.225 e. The third-order valence-electron chi connectivity index (χ3n) is 3.21. The summed E-state index contributed by atoms with van der Waals surface area (Å²) >= 11 is 7.43. The highest BCUT2D eigenvalue weighted by Gasteiger charge is 2.08. The third kappa shape index (κ3) is 6.32. The van der Waals surface area contributed by atoms with Crippen LogP contribution in [0.4, 0.5) is 11.4 Å². The third-order valence-corrected chi connectivity index (χ3v) is 4.47. The van der Waals surface area contributed by atoms with Crippen LogP contribution >= 0.6 is 23.4 Å². The van der Waals surface area contributed by atoms with Crippen molar-refractivity contribution in [3.63, 3.8) is 0 Å². The Morgan fingerprint density at radius 1 is 1.12 bits per heavy atom. The Morgan fingerprint density at radius 2 is 1.84 bits per heavy atom. The van der Waals surface area contributed by atoms with E-state index in [9.17, 15) is 9.59 Å². The molecule has 0 heterocycles. The summed E-state index contributed by atoms with van der Waals surface area (Å²) in [6.07, 6.45) is 0.370. The number of hydrogen-bond donors (Lipinski definition) is 2. The summed E-state index contributed by atoms with van der Waals surface area (Å²) in [6.45, 7) is 1.42. The number of anilines is 2. The second-order valence-electron chi connectivity index (χ2n) is 5.20. The highest BCUT2D eigenvalue weighted by atomic mass is 35.5. The van der Waals surface area contributed by atoms with Gasteiger partial charge in [0, 0.05) is 34.7 Å². The van der Waals surface area contributed by atoms with Crippen molar-refractivity contribution >= 4 is 46.6 Å². The predicted molar refractivity (Wildman–Crippen MR) is 103 cm³/mol. The Hall–Kier alpha value is -2.18. The van der Waals surface area contributed by atoms with E-state index in [2.05, 4.69) is 10.6 Å². The number of hydrogen-bond acceptors (Lipinski definition) is 4. The van der Waals surface area contributed by atoms with Crippen LogP contribution in [0.25, 0.3) is 0 Å². The van der Waals surface area contributed by atoms with Crippen LogP contribution in [0.3, 0.4) is 0 Å². The van der Waals surface area contributed by atoms with Crippen LogP contribution in [0.1, 0.15) is 13.3 Å². The predicted octanol–water partition coefficient (Wildman–Crippen LogP) is 4.43. The summed E-state index contributed by atoms with van der Waals surface area (Å²) in [5, 5.41) is 6.19. The van der Waals surface area contributed by atoms with Crippen LogP contribution in [-0.4, -0.2) is 24.7 Å². The number of methoxy groups -OCH3 is 1. The second-order valence-corrected chi connectivity index (χ2v) is 6.80. The molecular formula is C18H19ClN2O3S. The maximum atomic E-state index is 12.1. The summed E-state index contributed by atoms with van der Waals surface area (Å²) in [4.78, 5) is 24.4. The molecular weight excluding hydrogens is 360 g/mol. The molecule has 2 amide bonds. The number of nitrogens with one attached hydrogen (secondary N) is 2. The molecule has 2 aromatic rings. The SMILES string of the molecule is COc1ccc(NC(=O)CCSc2ccc(Cl)cc2)cc1NC(C)=O. The molecule has 0 aliphatic heterocycles. The molecule has 2 rings (SSSR count). The number of amides is 2. The van der Waals surface area contributed by atoms with Gasteiger partial charge in [-0.1, -0.05) is 11.6 Å². The van der Waals surface area contributed by atoms with Gasteiger partial charge in [0.15, 0.2) is 0 Å². The lowest BCUT2D eigenvalue weighted by Gasteiger charge is -2.12. The molecule has 2 N–H and O–H groups in total. The fraction of sp³-hybridized carbons (Fsp3) is 0.222. The van der Waals surface area contributed by atoms with Crippen LogP contribution in [-0.2, 0) is 9.59 Å². The van der Waals surface area contributed by atoms with E-state index in [1.54, 1.807) is 30.0 Å². The second kappa shape index (κ2) is 9.34. The lowest BCUT2D eigenvalue weighted by Crippen LogP contribution is -2.13. The molecule has 0 fully saturated rings. The van der Waals surface area contributed by atoms with E-state index in [0.29, 0.717) is 34.3 Å². The largest absolute Gasteiger partial charge is 0.495 e. The normalized spacial score (nSPS) is 10.2. The summed E-state index contributed by atoms with van der Waals surface area (Å²) in [5.74, 6) is 0.885. The fourth-order valence-electron chi connectivity index (χ4n) is 2.09. The molecule has 7 heteroatoms. The summed E-state index contributed by atoms with van der Waals surface area (Å²) < 4.78 is 5.19. The molecule has 0 spiro atoms. The minimum atomic E-state index is -0.207. The van der Waals surface area contributed by atoms with Gasteiger partial charge in [-0.3, -0.25) is 9.59 Å². The van der Waals surface area contributed by atoms with E-state index in [1.807, 2.05) is 24.3 Å². The van der Waals surface area contributed by atoms with Crippen LogP contribution in [0.15, 0.2) is 47.4 Å². The van der Waals surface area contributed by atoms with Crippen molar-refractivity contribution < 1.29 is 14.3 Å². The van der Waals surface area contributed by atoms with Crippen molar-refractivity contribution in [2.45, 2.75) is 18.2 Å². The van der Waals surface area contributed by atoms with Crippen LogP contribution in [0, 0.1) is 0 Å². The van der Waals surface area contributed by atoms with E-state index in [4.69, 9.17) is 16.3 Å². The van der Waals surface area contributed by atoms with Gasteiger partial charge in [0.05, 0.1) is 12.8 Å². The van der Waals surface area contributed by atoms with Gasteiger partial charge in [-0.25, -0.2) is 0 Å². The molecule has 0 saturated heterocycles. The molecule has 0 saturated carbocycles. The minimum Gasteiger partial charge on any atom is -0.495 e. The highest BCUT2D eigenvalue weighted by Crippen LogP contribution is 2.28. The lowest BCUT2D eigenvalue weighted by atomic mass is 10.2. The van der Waals surface area contributed by atoms with Crippen molar-refractivity contribution in [3.05, 3.63) is 47.5 Å². The minimum absolute atomic E-state index is 0.0968. The van der Waals surface area contributed by atoms with E-state index in [0.717, 1.165) is 4.90 Å². The molecule has 132 valence electrons. The summed E-state index contributed by atoms with van der Waals surface area (Å²) in [5.41, 5.74) is 1.12. The molecule has 0 unspecified atom stereocenters. The number of halogens is 1. The first-order valence-corrected chi connectivity index (χ1v) is 8.98. The van der Waals surface area contributed by atoms with Gasteiger partial charge in [0.1, 0.15) is 5.75 Å². The van der Waals surface area contributed by atoms with E-state index in [-0.39, 0.29) is 11.8 Å². The van der Waals surface area contributed by atoms with Crippen LogP contribution < -0.4 is 15.4 Å². The van der Waals surface area contributed by atoms with Gasteiger partial charge in [-0.05, 0) is 42.5 Å². The van der Waals surface area contributed by atoms with Crippen molar-refractivity contribution in [2.75, 3.05) is 23.5 Å². The van der Waals surface area contributed by atoms with Crippen molar-refractivity contribution in [3.8, 4) is 5.75 Å². The first-order chi connectivity index (χ1) is 12.0. The number of benzene rings is 2. The quantitative estimate of drug-likeness (QED) is 0.699. The van der Waals surface area contributed by atoms with Gasteiger partial charge in [0.2, 0.25) is 11.8 Å². The monoisotopic (exact) mass is 378 g/mol. The zero-order valence-electron chi connectivity index (χ0n) is 14.0. The molecule has 5 nitrogen and oxygen atoms in total. The Kier molecular flexibility index (Phi) is 7.16. The maximum absolute atomic E-state index is 12.1. The summed E-state index contributed by atoms with van der Waals surface area (Å²) in [7, 11) is 1.52. The molecule has 0 atom stereocenters. The molecule has 0 bridgehead atoms. The van der Waals surface area contributed by atoms with Gasteiger partial charge in [0.25, 0.3) is 0 Å². The Balaban J connectivity index is 1.89. The topological polar surface area (TPSA) is 67.4 Å². The van der Waals surface area contributed by atoms with Crippen molar-refractivity contribution in [1.29, 1.82) is 0 Å². The first kappa shape index (κ1) is 19.1. The number of thioether (sulfide) groups is 1. The van der Waals surface area contributed by atoms with Crippen molar-refractivity contribution in [1.82, 2.24) is 0 Å². The molecule has 2 aromatic carbocycles. The Bertz CT molecular complexity index is 750. The summed E-state index contributed by atoms with van der Waals surface area (Å²) in [6, 6.07) is 12.6. The van der Waals surface area contributed by atoms with Gasteiger partial charge < -0.3 is 15.4 Å². The zero-order chi connectivity index (χ0) is 18.2. The Morgan fingerprint density at radius 3 is 2.48 bits per heavy atom. The Labute approximate surface area is 156 Å². The average molecular weight is 379 g/mol. The standard InChI is InChI=1S/C18H19ClN2O3S/c1-12(22)20-16-11-14(5-8-17(16)24-2)21-18(23)9-10-25-15-6-3-13(19)4-7-15/h3-8,11H,9-10H2,1-2H3,(H,20,22)(H,21,23). The smallest absolute Gasteiger partial charge is 0.225 e. The molecule has 0 aromatic heterocycles. The van der Waals surface area contributed by atoms with E-state index >= 15 is 0 Å². The van der Waals surface area contributed by atoms with E-state index < -0.39 is 0 Å². The number of carbonyl (C=O) groups is 2.